The van der Waals surface area contributed by atoms with E-state index < -0.39 is 12.1 Å². The molecule has 0 saturated heterocycles. The number of carboxylic acids is 1. The average Bonchev–Trinajstić information content (AvgIpc) is 3.19. The summed E-state index contributed by atoms with van der Waals surface area (Å²) in [6, 6.07) is 9.09. The van der Waals surface area contributed by atoms with E-state index in [0.29, 0.717) is 17.0 Å². The van der Waals surface area contributed by atoms with Crippen molar-refractivity contribution in [3.8, 4) is 11.8 Å². The van der Waals surface area contributed by atoms with Crippen molar-refractivity contribution in [1.82, 2.24) is 4.98 Å². The Morgan fingerprint density at radius 1 is 1.35 bits per heavy atom. The van der Waals surface area contributed by atoms with Crippen molar-refractivity contribution in [2.75, 3.05) is 0 Å². The first-order valence-electron chi connectivity index (χ1n) is 8.61. The maximum atomic E-state index is 11.0. The minimum absolute atomic E-state index is 0.0917. The first kappa shape index (κ1) is 18.9. The predicted octanol–water partition coefficient (Wildman–Crippen LogP) is 3.82. The molecular formula is C20H20ClNO3S. The van der Waals surface area contributed by atoms with Crippen molar-refractivity contribution in [3.05, 3.63) is 52.0 Å². The van der Waals surface area contributed by atoms with Gasteiger partial charge in [0.25, 0.3) is 0 Å². The highest BCUT2D eigenvalue weighted by Crippen LogP contribution is 2.39. The molecule has 1 aliphatic rings. The third-order valence-corrected chi connectivity index (χ3v) is 6.31. The quantitative estimate of drug-likeness (QED) is 0.602. The molecule has 2 N–H and O–H groups in total. The van der Waals surface area contributed by atoms with E-state index in [0.717, 1.165) is 24.1 Å². The molecule has 0 radical (unpaired) electrons. The van der Waals surface area contributed by atoms with Crippen molar-refractivity contribution in [1.29, 1.82) is 0 Å². The standard InChI is InChI=1S/C20H20ClNO3S/c21-17-12-18(23)16(9-7-13-4-1-2-11-22-13)15(17)6-3-5-14-8-10-19(26-14)20(24)25/h1-2,4,8,10-11,15-18,23H,3,5-6,12H2,(H,24,25)/t15?,16-,17-,18?/m1/s1. The molecule has 4 atom stereocenters. The molecule has 2 aromatic rings. The zero-order valence-electron chi connectivity index (χ0n) is 14.1. The van der Waals surface area contributed by atoms with E-state index >= 15 is 0 Å². The van der Waals surface area contributed by atoms with E-state index in [4.69, 9.17) is 16.7 Å². The fourth-order valence-corrected chi connectivity index (χ4v) is 4.71. The summed E-state index contributed by atoms with van der Waals surface area (Å²) in [4.78, 5) is 16.6. The zero-order chi connectivity index (χ0) is 18.5. The van der Waals surface area contributed by atoms with Crippen LogP contribution < -0.4 is 0 Å². The van der Waals surface area contributed by atoms with Crippen LogP contribution in [0.2, 0.25) is 0 Å². The maximum Gasteiger partial charge on any atom is 0.345 e. The molecule has 0 aliphatic heterocycles. The molecule has 1 aliphatic carbocycles. The third-order valence-electron chi connectivity index (χ3n) is 4.67. The van der Waals surface area contributed by atoms with Gasteiger partial charge in [-0.2, -0.15) is 0 Å². The van der Waals surface area contributed by atoms with E-state index in [1.54, 1.807) is 12.3 Å². The van der Waals surface area contributed by atoms with Crippen LogP contribution >= 0.6 is 22.9 Å². The van der Waals surface area contributed by atoms with Gasteiger partial charge >= 0.3 is 5.97 Å². The second-order valence-electron chi connectivity index (χ2n) is 6.46. The Labute approximate surface area is 161 Å². The van der Waals surface area contributed by atoms with Crippen LogP contribution in [0, 0.1) is 23.7 Å². The average molecular weight is 390 g/mol. The summed E-state index contributed by atoms with van der Waals surface area (Å²) < 4.78 is 0. The number of rotatable bonds is 5. The van der Waals surface area contributed by atoms with E-state index in [9.17, 15) is 9.90 Å². The fraction of sp³-hybridized carbons (Fsp3) is 0.400. The minimum Gasteiger partial charge on any atom is -0.477 e. The summed E-state index contributed by atoms with van der Waals surface area (Å²) in [5.41, 5.74) is 0.691. The van der Waals surface area contributed by atoms with Crippen LogP contribution in [0.5, 0.6) is 0 Å². The molecule has 4 nitrogen and oxygen atoms in total. The fourth-order valence-electron chi connectivity index (χ4n) is 3.36. The number of halogens is 1. The van der Waals surface area contributed by atoms with Crippen molar-refractivity contribution in [2.45, 2.75) is 37.2 Å². The van der Waals surface area contributed by atoms with Gasteiger partial charge in [0.1, 0.15) is 10.6 Å². The minimum atomic E-state index is -0.883. The number of alkyl halides is 1. The molecular weight excluding hydrogens is 370 g/mol. The van der Waals surface area contributed by atoms with Gasteiger partial charge in [-0.1, -0.05) is 12.0 Å². The van der Waals surface area contributed by atoms with Crippen LogP contribution in [0.1, 0.15) is 39.5 Å². The number of thiophene rings is 1. The van der Waals surface area contributed by atoms with Crippen molar-refractivity contribution >= 4 is 28.9 Å². The predicted molar refractivity (Wildman–Crippen MR) is 103 cm³/mol. The van der Waals surface area contributed by atoms with E-state index in [1.165, 1.54) is 11.3 Å². The smallest absolute Gasteiger partial charge is 0.345 e. The van der Waals surface area contributed by atoms with Gasteiger partial charge in [-0.25, -0.2) is 9.78 Å². The lowest BCUT2D eigenvalue weighted by Crippen LogP contribution is -2.19. The summed E-state index contributed by atoms with van der Waals surface area (Å²) in [5, 5.41) is 19.2. The highest BCUT2D eigenvalue weighted by molar-refractivity contribution is 7.13. The number of carbonyl (C=O) groups is 1. The molecule has 3 rings (SSSR count). The summed E-state index contributed by atoms with van der Waals surface area (Å²) in [6.07, 6.45) is 4.29. The molecule has 6 heteroatoms. The second kappa shape index (κ2) is 8.68. The lowest BCUT2D eigenvalue weighted by Gasteiger charge is -2.18. The highest BCUT2D eigenvalue weighted by Gasteiger charge is 2.40. The highest BCUT2D eigenvalue weighted by atomic mass is 35.5. The van der Waals surface area contributed by atoms with Crippen LogP contribution in [0.15, 0.2) is 36.5 Å². The van der Waals surface area contributed by atoms with Crippen molar-refractivity contribution in [2.24, 2.45) is 11.8 Å². The van der Waals surface area contributed by atoms with Crippen molar-refractivity contribution in [3.63, 3.8) is 0 Å². The largest absolute Gasteiger partial charge is 0.477 e. The Hall–Kier alpha value is -1.87. The molecule has 0 aromatic carbocycles. The van der Waals surface area contributed by atoms with Gasteiger partial charge in [0.2, 0.25) is 0 Å². The summed E-state index contributed by atoms with van der Waals surface area (Å²) >= 11 is 7.77. The normalized spacial score (nSPS) is 24.8. The van der Waals surface area contributed by atoms with Gasteiger partial charge in [-0.05, 0) is 61.8 Å². The number of carboxylic acid groups (broad SMARTS) is 1. The lowest BCUT2D eigenvalue weighted by molar-refractivity contribution is 0.0702. The Morgan fingerprint density at radius 2 is 2.19 bits per heavy atom. The van der Waals surface area contributed by atoms with Gasteiger partial charge < -0.3 is 10.2 Å². The number of hydrogen-bond donors (Lipinski definition) is 2. The number of pyridine rings is 1. The van der Waals surface area contributed by atoms with Gasteiger partial charge in [0, 0.05) is 16.5 Å². The second-order valence-corrected chi connectivity index (χ2v) is 8.19. The summed E-state index contributed by atoms with van der Waals surface area (Å²) in [5.74, 6) is 5.31. The summed E-state index contributed by atoms with van der Waals surface area (Å²) in [6.45, 7) is 0. The Balaban J connectivity index is 1.61. The van der Waals surface area contributed by atoms with Crippen LogP contribution in [-0.2, 0) is 6.42 Å². The molecule has 136 valence electrons. The Morgan fingerprint density at radius 3 is 2.88 bits per heavy atom. The molecule has 26 heavy (non-hydrogen) atoms. The van der Waals surface area contributed by atoms with E-state index in [2.05, 4.69) is 16.8 Å². The molecule has 2 aromatic heterocycles. The number of aliphatic hydroxyl groups excluding tert-OH is 1. The number of aryl methyl sites for hydroxylation is 1. The van der Waals surface area contributed by atoms with Crippen molar-refractivity contribution < 1.29 is 15.0 Å². The molecule has 1 fully saturated rings. The maximum absolute atomic E-state index is 11.0. The number of aromatic carboxylic acids is 1. The van der Waals surface area contributed by atoms with Crippen LogP contribution in [0.25, 0.3) is 0 Å². The number of aliphatic hydroxyl groups is 1. The monoisotopic (exact) mass is 389 g/mol. The number of aromatic nitrogens is 1. The van der Waals surface area contributed by atoms with Crippen LogP contribution in [0.3, 0.4) is 0 Å². The number of hydrogen-bond acceptors (Lipinski definition) is 4. The van der Waals surface area contributed by atoms with Gasteiger partial charge in [-0.3, -0.25) is 0 Å². The molecule has 2 heterocycles. The van der Waals surface area contributed by atoms with Gasteiger partial charge in [0.05, 0.1) is 12.0 Å². The Bertz CT molecular complexity index is 811. The van der Waals surface area contributed by atoms with E-state index in [-0.39, 0.29) is 17.2 Å². The number of nitrogens with zero attached hydrogens (tertiary/aromatic N) is 1. The molecule has 0 bridgehead atoms. The SMILES string of the molecule is O=C(O)c1ccc(CCCC2[C@@H](C#Cc3ccccn3)C(O)C[C@H]2Cl)s1. The van der Waals surface area contributed by atoms with Gasteiger partial charge in [0.15, 0.2) is 0 Å². The summed E-state index contributed by atoms with van der Waals surface area (Å²) in [7, 11) is 0. The van der Waals surface area contributed by atoms with E-state index in [1.807, 2.05) is 24.3 Å². The van der Waals surface area contributed by atoms with Crippen LogP contribution in [0.4, 0.5) is 0 Å². The topological polar surface area (TPSA) is 70.4 Å². The lowest BCUT2D eigenvalue weighted by atomic mass is 9.90. The Kier molecular flexibility index (Phi) is 6.31. The molecule has 2 unspecified atom stereocenters. The zero-order valence-corrected chi connectivity index (χ0v) is 15.7. The third kappa shape index (κ3) is 4.64. The first-order chi connectivity index (χ1) is 12.5. The molecule has 0 amide bonds. The molecule has 0 spiro atoms. The van der Waals surface area contributed by atoms with Crippen LogP contribution in [-0.4, -0.2) is 32.6 Å². The van der Waals surface area contributed by atoms with Gasteiger partial charge in [-0.15, -0.1) is 22.9 Å². The first-order valence-corrected chi connectivity index (χ1v) is 9.86. The molecule has 1 saturated carbocycles.